The van der Waals surface area contributed by atoms with Crippen molar-refractivity contribution in [3.63, 3.8) is 0 Å². The van der Waals surface area contributed by atoms with E-state index in [1.54, 1.807) is 7.11 Å². The van der Waals surface area contributed by atoms with Gasteiger partial charge in [-0.15, -0.1) is 0 Å². The Labute approximate surface area is 114 Å². The third-order valence-electron chi connectivity index (χ3n) is 2.87. The Morgan fingerprint density at radius 3 is 2.78 bits per heavy atom. The van der Waals surface area contributed by atoms with Crippen LogP contribution in [0, 0.1) is 6.92 Å². The zero-order valence-electron chi connectivity index (χ0n) is 10.4. The number of nitrogens with zero attached hydrogens (tertiary/aromatic N) is 2. The van der Waals surface area contributed by atoms with E-state index >= 15 is 0 Å². The van der Waals surface area contributed by atoms with Gasteiger partial charge in [0, 0.05) is 17.1 Å². The predicted molar refractivity (Wildman–Crippen MR) is 73.0 cm³/mol. The van der Waals surface area contributed by atoms with Gasteiger partial charge >= 0.3 is 0 Å². The number of carbonyl (C=O) groups is 1. The maximum absolute atomic E-state index is 11.1. The molecule has 0 aliphatic heterocycles. The number of hydrogen-bond acceptors (Lipinski definition) is 3. The standard InChI is InChI=1S/C13H13BrN2O2/c1-8-15-11(7-17)13(16(8)2)10-6-9(14)4-5-12(10)18-3/h4-7H,1-3H3. The molecule has 0 saturated carbocycles. The van der Waals surface area contributed by atoms with Gasteiger partial charge in [-0.25, -0.2) is 4.98 Å². The largest absolute Gasteiger partial charge is 0.496 e. The van der Waals surface area contributed by atoms with E-state index in [1.165, 1.54) is 0 Å². The highest BCUT2D eigenvalue weighted by Crippen LogP contribution is 2.34. The number of aromatic nitrogens is 2. The van der Waals surface area contributed by atoms with Crippen LogP contribution in [0.15, 0.2) is 22.7 Å². The molecule has 0 fully saturated rings. The number of methoxy groups -OCH3 is 1. The van der Waals surface area contributed by atoms with Crippen molar-refractivity contribution in [3.05, 3.63) is 34.2 Å². The number of hydrogen-bond donors (Lipinski definition) is 0. The first-order valence-corrected chi connectivity index (χ1v) is 6.20. The van der Waals surface area contributed by atoms with Gasteiger partial charge in [-0.1, -0.05) is 15.9 Å². The van der Waals surface area contributed by atoms with Gasteiger partial charge in [0.1, 0.15) is 17.3 Å². The molecule has 0 atom stereocenters. The highest BCUT2D eigenvalue weighted by atomic mass is 79.9. The number of carbonyl (C=O) groups excluding carboxylic acids is 1. The van der Waals surface area contributed by atoms with Crippen molar-refractivity contribution < 1.29 is 9.53 Å². The van der Waals surface area contributed by atoms with E-state index in [9.17, 15) is 4.79 Å². The molecule has 0 unspecified atom stereocenters. The van der Waals surface area contributed by atoms with E-state index in [4.69, 9.17) is 4.74 Å². The summed E-state index contributed by atoms with van der Waals surface area (Å²) in [5, 5.41) is 0. The Kier molecular flexibility index (Phi) is 3.52. The van der Waals surface area contributed by atoms with Crippen molar-refractivity contribution in [1.82, 2.24) is 9.55 Å². The zero-order chi connectivity index (χ0) is 13.3. The molecule has 94 valence electrons. The molecule has 0 N–H and O–H groups in total. The molecule has 18 heavy (non-hydrogen) atoms. The van der Waals surface area contributed by atoms with Crippen LogP contribution in [0.5, 0.6) is 5.75 Å². The fourth-order valence-electron chi connectivity index (χ4n) is 1.90. The van der Waals surface area contributed by atoms with Gasteiger partial charge in [-0.3, -0.25) is 4.79 Å². The predicted octanol–water partition coefficient (Wildman–Crippen LogP) is 2.98. The number of imidazole rings is 1. The first-order valence-electron chi connectivity index (χ1n) is 5.41. The second-order valence-corrected chi connectivity index (χ2v) is 4.83. The average Bonchev–Trinajstić information content (AvgIpc) is 2.65. The second kappa shape index (κ2) is 4.94. The van der Waals surface area contributed by atoms with Crippen molar-refractivity contribution in [2.24, 2.45) is 7.05 Å². The van der Waals surface area contributed by atoms with E-state index in [2.05, 4.69) is 20.9 Å². The van der Waals surface area contributed by atoms with E-state index in [0.29, 0.717) is 11.4 Å². The highest BCUT2D eigenvalue weighted by Gasteiger charge is 2.17. The zero-order valence-corrected chi connectivity index (χ0v) is 12.0. The summed E-state index contributed by atoms with van der Waals surface area (Å²) in [6, 6.07) is 5.67. The van der Waals surface area contributed by atoms with E-state index in [-0.39, 0.29) is 0 Å². The lowest BCUT2D eigenvalue weighted by Gasteiger charge is -2.10. The summed E-state index contributed by atoms with van der Waals surface area (Å²) in [4.78, 5) is 15.4. The molecule has 0 spiro atoms. The number of aryl methyl sites for hydroxylation is 1. The van der Waals surface area contributed by atoms with Gasteiger partial charge in [0.2, 0.25) is 0 Å². The van der Waals surface area contributed by atoms with Gasteiger partial charge in [-0.2, -0.15) is 0 Å². The minimum absolute atomic E-state index is 0.423. The Morgan fingerprint density at radius 1 is 1.44 bits per heavy atom. The molecule has 5 heteroatoms. The van der Waals surface area contributed by atoms with Crippen LogP contribution in [0.3, 0.4) is 0 Å². The fraction of sp³-hybridized carbons (Fsp3) is 0.231. The van der Waals surface area contributed by atoms with Crippen LogP contribution >= 0.6 is 15.9 Å². The van der Waals surface area contributed by atoms with Crippen LogP contribution in [-0.2, 0) is 7.05 Å². The first kappa shape index (κ1) is 12.8. The molecule has 0 amide bonds. The Morgan fingerprint density at radius 2 is 2.17 bits per heavy atom. The molecule has 2 rings (SSSR count). The summed E-state index contributed by atoms with van der Waals surface area (Å²) in [5.41, 5.74) is 2.03. The number of rotatable bonds is 3. The lowest BCUT2D eigenvalue weighted by molar-refractivity contribution is 0.112. The quantitative estimate of drug-likeness (QED) is 0.819. The Bertz CT molecular complexity index is 605. The normalized spacial score (nSPS) is 10.4. The summed E-state index contributed by atoms with van der Waals surface area (Å²) >= 11 is 3.43. The molecule has 0 aliphatic carbocycles. The van der Waals surface area contributed by atoms with Crippen molar-refractivity contribution >= 4 is 22.2 Å². The monoisotopic (exact) mass is 308 g/mol. The van der Waals surface area contributed by atoms with Gasteiger partial charge in [0.15, 0.2) is 6.29 Å². The number of benzene rings is 1. The van der Waals surface area contributed by atoms with Crippen molar-refractivity contribution in [2.75, 3.05) is 7.11 Å². The molecule has 1 aromatic carbocycles. The van der Waals surface area contributed by atoms with Gasteiger partial charge < -0.3 is 9.30 Å². The Hall–Kier alpha value is -1.62. The van der Waals surface area contributed by atoms with Gasteiger partial charge in [0.25, 0.3) is 0 Å². The van der Waals surface area contributed by atoms with Gasteiger partial charge in [0.05, 0.1) is 12.8 Å². The summed E-state index contributed by atoms with van der Waals surface area (Å²) in [6.07, 6.45) is 0.767. The van der Waals surface area contributed by atoms with Gasteiger partial charge in [-0.05, 0) is 25.1 Å². The SMILES string of the molecule is COc1ccc(Br)cc1-c1c(C=O)nc(C)n1C. The minimum Gasteiger partial charge on any atom is -0.496 e. The maximum atomic E-state index is 11.1. The Balaban J connectivity index is 2.75. The molecule has 1 aromatic heterocycles. The fourth-order valence-corrected chi connectivity index (χ4v) is 2.26. The molecule has 0 radical (unpaired) electrons. The van der Waals surface area contributed by atoms with Crippen LogP contribution in [-0.4, -0.2) is 22.9 Å². The van der Waals surface area contributed by atoms with Crippen LogP contribution in [0.4, 0.5) is 0 Å². The molecule has 2 aromatic rings. The first-order chi connectivity index (χ1) is 8.58. The topological polar surface area (TPSA) is 44.1 Å². The van der Waals surface area contributed by atoms with E-state index < -0.39 is 0 Å². The molecule has 0 bridgehead atoms. The van der Waals surface area contributed by atoms with Crippen molar-refractivity contribution in [1.29, 1.82) is 0 Å². The summed E-state index contributed by atoms with van der Waals surface area (Å²) in [5.74, 6) is 1.50. The average molecular weight is 309 g/mol. The molecule has 1 heterocycles. The lowest BCUT2D eigenvalue weighted by Crippen LogP contribution is -1.98. The third kappa shape index (κ3) is 2.06. The summed E-state index contributed by atoms with van der Waals surface area (Å²) < 4.78 is 8.15. The smallest absolute Gasteiger partial charge is 0.170 e. The van der Waals surface area contributed by atoms with Crippen LogP contribution in [0.1, 0.15) is 16.3 Å². The number of ether oxygens (including phenoxy) is 1. The number of aldehydes is 1. The molecule has 0 aliphatic rings. The molecular formula is C13H13BrN2O2. The van der Waals surface area contributed by atoms with Crippen molar-refractivity contribution in [2.45, 2.75) is 6.92 Å². The second-order valence-electron chi connectivity index (χ2n) is 3.91. The lowest BCUT2D eigenvalue weighted by atomic mass is 10.1. The number of halogens is 1. The maximum Gasteiger partial charge on any atom is 0.170 e. The van der Waals surface area contributed by atoms with Crippen molar-refractivity contribution in [3.8, 4) is 17.0 Å². The minimum atomic E-state index is 0.423. The highest BCUT2D eigenvalue weighted by molar-refractivity contribution is 9.10. The summed E-state index contributed by atoms with van der Waals surface area (Å²) in [6.45, 7) is 1.86. The summed E-state index contributed by atoms with van der Waals surface area (Å²) in [7, 11) is 3.49. The molecular weight excluding hydrogens is 296 g/mol. The third-order valence-corrected chi connectivity index (χ3v) is 3.37. The van der Waals surface area contributed by atoms with E-state index in [0.717, 1.165) is 27.8 Å². The van der Waals surface area contributed by atoms with Crippen LogP contribution in [0.25, 0.3) is 11.3 Å². The van der Waals surface area contributed by atoms with E-state index in [1.807, 2.05) is 36.7 Å². The molecule has 4 nitrogen and oxygen atoms in total. The molecule has 0 saturated heterocycles. The van der Waals surface area contributed by atoms with Crippen LogP contribution < -0.4 is 4.74 Å². The van der Waals surface area contributed by atoms with Crippen LogP contribution in [0.2, 0.25) is 0 Å².